The van der Waals surface area contributed by atoms with Gasteiger partial charge in [-0.1, -0.05) is 19.6 Å². The maximum absolute atomic E-state index is 12.0. The molecular weight excluding hydrogens is 244 g/mol. The van der Waals surface area contributed by atoms with Crippen molar-refractivity contribution in [2.24, 2.45) is 0 Å². The van der Waals surface area contributed by atoms with Crippen molar-refractivity contribution in [1.29, 1.82) is 0 Å². The lowest BCUT2D eigenvalue weighted by Crippen LogP contribution is -1.97. The minimum Gasteiger partial charge on any atom is -0.459 e. The molecule has 1 aliphatic heterocycles. The van der Waals surface area contributed by atoms with Crippen molar-refractivity contribution in [3.05, 3.63) is 59.2 Å². The van der Waals surface area contributed by atoms with E-state index in [9.17, 15) is 4.79 Å². The second-order valence-corrected chi connectivity index (χ2v) is 3.90. The predicted octanol–water partition coefficient (Wildman–Crippen LogP) is 3.02. The maximum atomic E-state index is 12.0. The Morgan fingerprint density at radius 2 is 1.95 bits per heavy atom. The second kappa shape index (κ2) is 5.12. The van der Waals surface area contributed by atoms with Crippen LogP contribution in [0.25, 0.3) is 6.08 Å². The van der Waals surface area contributed by atoms with Gasteiger partial charge in [-0.3, -0.25) is 4.79 Å². The van der Waals surface area contributed by atoms with Crippen molar-refractivity contribution in [3.8, 4) is 5.75 Å². The number of aliphatic hydroxyl groups excluding tert-OH is 1. The Bertz CT molecular complexity index is 637. The van der Waals surface area contributed by atoms with Gasteiger partial charge in [-0.05, 0) is 24.3 Å². The first kappa shape index (κ1) is 13.1. The van der Waals surface area contributed by atoms with E-state index in [-0.39, 0.29) is 25.6 Å². The molecule has 1 N–H and O–H groups in total. The molecule has 1 aliphatic rings. The van der Waals surface area contributed by atoms with Gasteiger partial charge in [0.25, 0.3) is 0 Å². The number of para-hydroxylation sites is 1. The first-order chi connectivity index (χ1) is 8.78. The van der Waals surface area contributed by atoms with E-state index in [1.807, 2.05) is 6.07 Å². The zero-order valence-corrected chi connectivity index (χ0v) is 9.42. The van der Waals surface area contributed by atoms with Crippen LogP contribution >= 0.6 is 0 Å². The first-order valence-electron chi connectivity index (χ1n) is 5.51. The van der Waals surface area contributed by atoms with Crippen molar-refractivity contribution in [1.82, 2.24) is 0 Å². The van der Waals surface area contributed by atoms with Gasteiger partial charge in [-0.15, -0.1) is 0 Å². The van der Waals surface area contributed by atoms with E-state index in [1.165, 1.54) is 6.08 Å². The number of rotatable bonds is 2. The van der Waals surface area contributed by atoms with Gasteiger partial charge in [-0.2, -0.15) is 0 Å². The summed E-state index contributed by atoms with van der Waals surface area (Å²) in [6.07, 6.45) is 1.53. The van der Waals surface area contributed by atoms with Crippen molar-refractivity contribution < 1.29 is 19.1 Å². The minimum absolute atomic E-state index is 0. The van der Waals surface area contributed by atoms with E-state index >= 15 is 0 Å². The first-order valence-corrected chi connectivity index (χ1v) is 5.51. The predicted molar refractivity (Wildman–Crippen MR) is 70.7 cm³/mol. The topological polar surface area (TPSA) is 59.7 Å². The molecule has 1 aromatic heterocycles. The summed E-state index contributed by atoms with van der Waals surface area (Å²) >= 11 is 0. The number of benzene rings is 1. The molecule has 19 heavy (non-hydrogen) atoms. The molecular formula is C15H14O4. The fraction of sp³-hybridized carbons (Fsp3) is 0.133. The van der Waals surface area contributed by atoms with Crippen molar-refractivity contribution in [3.63, 3.8) is 0 Å². The van der Waals surface area contributed by atoms with Crippen LogP contribution in [-0.4, -0.2) is 10.9 Å². The third-order valence-electron chi connectivity index (χ3n) is 2.69. The summed E-state index contributed by atoms with van der Waals surface area (Å²) in [5.41, 5.74) is 0.553. The minimum atomic E-state index is -0.168. The van der Waals surface area contributed by atoms with Gasteiger partial charge >= 0.3 is 0 Å². The molecule has 0 fully saturated rings. The standard InChI is InChI=1S/C14H10O4.CH4/c15-8-10-6-5-9(17-10)7-13-14(16)11-3-1-2-4-12(11)18-13;/h1-7,15H,8H2;1H4/b13-7-;. The highest BCUT2D eigenvalue weighted by Crippen LogP contribution is 2.31. The maximum Gasteiger partial charge on any atom is 0.232 e. The molecule has 0 radical (unpaired) electrons. The molecule has 2 aromatic rings. The number of aliphatic hydroxyl groups is 1. The number of hydrogen-bond acceptors (Lipinski definition) is 4. The number of ketones is 1. The second-order valence-electron chi connectivity index (χ2n) is 3.90. The number of ether oxygens (including phenoxy) is 1. The highest BCUT2D eigenvalue weighted by Gasteiger charge is 2.26. The molecule has 0 atom stereocenters. The largest absolute Gasteiger partial charge is 0.459 e. The Labute approximate surface area is 110 Å². The van der Waals surface area contributed by atoms with E-state index in [0.29, 0.717) is 22.8 Å². The van der Waals surface area contributed by atoms with E-state index in [1.54, 1.807) is 30.3 Å². The van der Waals surface area contributed by atoms with Crippen LogP contribution in [0.15, 0.2) is 46.6 Å². The molecule has 0 saturated heterocycles. The quantitative estimate of drug-likeness (QED) is 0.841. The summed E-state index contributed by atoms with van der Waals surface area (Å²) in [5, 5.41) is 8.89. The summed E-state index contributed by atoms with van der Waals surface area (Å²) in [6.45, 7) is -0.168. The van der Waals surface area contributed by atoms with Crippen molar-refractivity contribution in [2.75, 3.05) is 0 Å². The van der Waals surface area contributed by atoms with Gasteiger partial charge in [-0.25, -0.2) is 0 Å². The molecule has 4 nitrogen and oxygen atoms in total. The van der Waals surface area contributed by atoms with Gasteiger partial charge in [0.2, 0.25) is 5.78 Å². The SMILES string of the molecule is C.O=C1/C(=C/c2ccc(CO)o2)Oc2ccccc21. The summed E-state index contributed by atoms with van der Waals surface area (Å²) in [4.78, 5) is 12.0. The number of hydrogen-bond donors (Lipinski definition) is 1. The van der Waals surface area contributed by atoms with Crippen LogP contribution in [0.5, 0.6) is 5.75 Å². The number of fused-ring (bicyclic) bond motifs is 1. The molecule has 0 aliphatic carbocycles. The number of carbonyl (C=O) groups is 1. The molecule has 0 saturated carbocycles. The highest BCUT2D eigenvalue weighted by atomic mass is 16.5. The number of furan rings is 1. The van der Waals surface area contributed by atoms with Crippen LogP contribution in [0.4, 0.5) is 0 Å². The molecule has 2 heterocycles. The van der Waals surface area contributed by atoms with Crippen LogP contribution in [0.1, 0.15) is 29.3 Å². The van der Waals surface area contributed by atoms with E-state index in [4.69, 9.17) is 14.3 Å². The fourth-order valence-corrected chi connectivity index (χ4v) is 1.82. The summed E-state index contributed by atoms with van der Waals surface area (Å²) in [7, 11) is 0. The zero-order chi connectivity index (χ0) is 12.5. The molecule has 0 unspecified atom stereocenters. The van der Waals surface area contributed by atoms with Gasteiger partial charge in [0.05, 0.1) is 5.56 Å². The summed E-state index contributed by atoms with van der Waals surface area (Å²) in [6, 6.07) is 10.4. The van der Waals surface area contributed by atoms with E-state index < -0.39 is 0 Å². The molecule has 0 spiro atoms. The van der Waals surface area contributed by atoms with E-state index in [0.717, 1.165) is 0 Å². The summed E-state index contributed by atoms with van der Waals surface area (Å²) in [5.74, 6) is 1.56. The third kappa shape index (κ3) is 2.30. The fourth-order valence-electron chi connectivity index (χ4n) is 1.82. The normalized spacial score (nSPS) is 15.0. The van der Waals surface area contributed by atoms with Crippen LogP contribution < -0.4 is 4.74 Å². The lowest BCUT2D eigenvalue weighted by atomic mass is 10.1. The van der Waals surface area contributed by atoms with Crippen LogP contribution in [0, 0.1) is 0 Å². The molecule has 4 heteroatoms. The third-order valence-corrected chi connectivity index (χ3v) is 2.69. The van der Waals surface area contributed by atoms with Gasteiger partial charge in [0, 0.05) is 6.08 Å². The number of carbonyl (C=O) groups excluding carboxylic acids is 1. The lowest BCUT2D eigenvalue weighted by Gasteiger charge is -1.95. The number of Topliss-reactive ketones (excluding diaryl/α,β-unsaturated/α-hetero) is 1. The van der Waals surface area contributed by atoms with Crippen LogP contribution in [0.3, 0.4) is 0 Å². The van der Waals surface area contributed by atoms with Crippen molar-refractivity contribution in [2.45, 2.75) is 14.0 Å². The van der Waals surface area contributed by atoms with Gasteiger partial charge in [0.15, 0.2) is 5.76 Å². The average molecular weight is 258 g/mol. The average Bonchev–Trinajstić information content (AvgIpc) is 2.97. The Morgan fingerprint density at radius 1 is 1.16 bits per heavy atom. The zero-order valence-electron chi connectivity index (χ0n) is 9.42. The Balaban J connectivity index is 0.00000133. The molecule has 1 aromatic carbocycles. The van der Waals surface area contributed by atoms with Crippen molar-refractivity contribution >= 4 is 11.9 Å². The highest BCUT2D eigenvalue weighted by molar-refractivity contribution is 6.14. The van der Waals surface area contributed by atoms with E-state index in [2.05, 4.69) is 0 Å². The Hall–Kier alpha value is -2.33. The number of allylic oxidation sites excluding steroid dienone is 1. The molecule has 98 valence electrons. The monoisotopic (exact) mass is 258 g/mol. The van der Waals surface area contributed by atoms with Gasteiger partial charge < -0.3 is 14.3 Å². The van der Waals surface area contributed by atoms with Crippen LogP contribution in [-0.2, 0) is 6.61 Å². The molecule has 3 rings (SSSR count). The summed E-state index contributed by atoms with van der Waals surface area (Å²) < 4.78 is 10.7. The van der Waals surface area contributed by atoms with Gasteiger partial charge in [0.1, 0.15) is 23.9 Å². The lowest BCUT2D eigenvalue weighted by molar-refractivity contribution is 0.101. The van der Waals surface area contributed by atoms with Crippen LogP contribution in [0.2, 0.25) is 0 Å². The Kier molecular flexibility index (Phi) is 3.53. The smallest absolute Gasteiger partial charge is 0.232 e. The molecule has 0 bridgehead atoms. The molecule has 0 amide bonds. The Morgan fingerprint density at radius 3 is 2.63 bits per heavy atom.